The number of hydrogen-bond donors (Lipinski definition) is 1. The summed E-state index contributed by atoms with van der Waals surface area (Å²) >= 11 is 0. The molecule has 118 valence electrons. The highest BCUT2D eigenvalue weighted by molar-refractivity contribution is 5.61. The molecule has 0 aromatic carbocycles. The molecule has 1 aromatic rings. The predicted molar refractivity (Wildman–Crippen MR) is 80.7 cm³/mol. The van der Waals surface area contributed by atoms with Crippen LogP contribution in [0.25, 0.3) is 0 Å². The van der Waals surface area contributed by atoms with Gasteiger partial charge in [0.2, 0.25) is 5.82 Å². The van der Waals surface area contributed by atoms with Crippen LogP contribution < -0.4 is 4.90 Å². The van der Waals surface area contributed by atoms with E-state index in [4.69, 9.17) is 0 Å². The molecule has 0 unspecified atom stereocenters. The van der Waals surface area contributed by atoms with Gasteiger partial charge in [-0.15, -0.1) is 0 Å². The Balaban J connectivity index is 2.38. The highest BCUT2D eigenvalue weighted by atomic mass is 16.6. The molecule has 1 aliphatic rings. The van der Waals surface area contributed by atoms with Gasteiger partial charge in [0.1, 0.15) is 5.69 Å². The first-order valence-electron chi connectivity index (χ1n) is 7.42. The third-order valence-electron chi connectivity index (χ3n) is 4.13. The summed E-state index contributed by atoms with van der Waals surface area (Å²) in [5.41, 5.74) is -0.301. The Morgan fingerprint density at radius 1 is 1.48 bits per heavy atom. The third-order valence-corrected chi connectivity index (χ3v) is 4.13. The van der Waals surface area contributed by atoms with Crippen LogP contribution in [0.3, 0.4) is 0 Å². The van der Waals surface area contributed by atoms with E-state index in [1.54, 1.807) is 23.6 Å². The summed E-state index contributed by atoms with van der Waals surface area (Å²) in [6.45, 7) is 5.93. The molecular formula is C14H24N4O3. The van der Waals surface area contributed by atoms with E-state index in [9.17, 15) is 15.2 Å². The Hall–Kier alpha value is -1.63. The van der Waals surface area contributed by atoms with Crippen LogP contribution in [0, 0.1) is 17.0 Å². The van der Waals surface area contributed by atoms with E-state index in [0.29, 0.717) is 18.1 Å². The average molecular weight is 296 g/mol. The highest BCUT2D eigenvalue weighted by Gasteiger charge is 2.36. The topological polar surface area (TPSA) is 84.4 Å². The Kier molecular flexibility index (Phi) is 4.22. The zero-order valence-corrected chi connectivity index (χ0v) is 13.2. The Bertz CT molecular complexity index is 533. The number of nitrogens with zero attached hydrogens (tertiary/aromatic N) is 4. The number of nitro groups is 1. The van der Waals surface area contributed by atoms with E-state index in [1.165, 1.54) is 0 Å². The van der Waals surface area contributed by atoms with Gasteiger partial charge < -0.3 is 10.0 Å². The molecule has 1 aliphatic carbocycles. The van der Waals surface area contributed by atoms with Crippen LogP contribution in [0.5, 0.6) is 0 Å². The van der Waals surface area contributed by atoms with Gasteiger partial charge in [0.15, 0.2) is 0 Å². The second-order valence-electron chi connectivity index (χ2n) is 6.34. The first-order chi connectivity index (χ1) is 9.75. The van der Waals surface area contributed by atoms with Crippen LogP contribution in [0.1, 0.15) is 51.3 Å². The fourth-order valence-electron chi connectivity index (χ4n) is 3.16. The van der Waals surface area contributed by atoms with Crippen molar-refractivity contribution in [2.45, 2.75) is 58.1 Å². The van der Waals surface area contributed by atoms with E-state index < -0.39 is 5.60 Å². The molecule has 0 aliphatic heterocycles. The fourth-order valence-corrected chi connectivity index (χ4v) is 3.16. The largest absolute Gasteiger partial charge is 0.388 e. The van der Waals surface area contributed by atoms with Crippen molar-refractivity contribution in [2.75, 3.05) is 18.5 Å². The molecule has 7 heteroatoms. The third kappa shape index (κ3) is 3.02. The Labute approximate surface area is 124 Å². The van der Waals surface area contributed by atoms with Crippen LogP contribution in [-0.2, 0) is 0 Å². The Morgan fingerprint density at radius 2 is 2.05 bits per heavy atom. The molecule has 21 heavy (non-hydrogen) atoms. The van der Waals surface area contributed by atoms with E-state index in [0.717, 1.165) is 25.7 Å². The molecule has 0 saturated heterocycles. The quantitative estimate of drug-likeness (QED) is 0.666. The minimum atomic E-state index is -0.747. The summed E-state index contributed by atoms with van der Waals surface area (Å²) in [6, 6.07) is 0.0214. The van der Waals surface area contributed by atoms with Gasteiger partial charge in [-0.05, 0) is 33.6 Å². The van der Waals surface area contributed by atoms with Crippen molar-refractivity contribution >= 4 is 11.5 Å². The number of likely N-dealkylation sites (N-methyl/N-ethyl adjacent to an activating group) is 1. The Morgan fingerprint density at radius 3 is 2.52 bits per heavy atom. The van der Waals surface area contributed by atoms with Gasteiger partial charge in [-0.2, -0.15) is 5.10 Å². The van der Waals surface area contributed by atoms with Crippen LogP contribution in [0.2, 0.25) is 0 Å². The van der Waals surface area contributed by atoms with Crippen molar-refractivity contribution in [2.24, 2.45) is 0 Å². The average Bonchev–Trinajstić information content (AvgIpc) is 2.92. The monoisotopic (exact) mass is 296 g/mol. The molecule has 0 atom stereocenters. The summed E-state index contributed by atoms with van der Waals surface area (Å²) in [6.07, 6.45) is 3.52. The van der Waals surface area contributed by atoms with Crippen molar-refractivity contribution in [3.8, 4) is 0 Å². The first kappa shape index (κ1) is 15.8. The van der Waals surface area contributed by atoms with E-state index in [-0.39, 0.29) is 16.7 Å². The smallest absolute Gasteiger partial charge is 0.333 e. The summed E-state index contributed by atoms with van der Waals surface area (Å²) in [5.74, 6) is 0.479. The summed E-state index contributed by atoms with van der Waals surface area (Å²) in [4.78, 5) is 12.8. The minimum Gasteiger partial charge on any atom is -0.388 e. The van der Waals surface area contributed by atoms with Gasteiger partial charge in [-0.3, -0.25) is 10.1 Å². The van der Waals surface area contributed by atoms with Gasteiger partial charge in [0, 0.05) is 19.6 Å². The molecule has 1 N–H and O–H groups in total. The maximum absolute atomic E-state index is 11.4. The molecule has 2 rings (SSSR count). The number of rotatable bonds is 5. The van der Waals surface area contributed by atoms with Crippen LogP contribution in [0.4, 0.5) is 11.5 Å². The van der Waals surface area contributed by atoms with Gasteiger partial charge in [0.05, 0.1) is 10.5 Å². The molecule has 0 radical (unpaired) electrons. The van der Waals surface area contributed by atoms with Crippen molar-refractivity contribution in [3.63, 3.8) is 0 Å². The van der Waals surface area contributed by atoms with Gasteiger partial charge in [0.25, 0.3) is 0 Å². The standard InChI is InChI=1S/C14H24N4O3/c1-10(2)17-13(12(18(20)21)11(3)15-17)16(4)9-14(19)7-5-6-8-14/h10,19H,5-9H2,1-4H3. The van der Waals surface area contributed by atoms with Crippen LogP contribution >= 0.6 is 0 Å². The lowest BCUT2D eigenvalue weighted by Gasteiger charge is -2.30. The van der Waals surface area contributed by atoms with Crippen LogP contribution in [0.15, 0.2) is 0 Å². The normalized spacial score (nSPS) is 17.4. The van der Waals surface area contributed by atoms with Gasteiger partial charge >= 0.3 is 5.69 Å². The molecule has 7 nitrogen and oxygen atoms in total. The second-order valence-corrected chi connectivity index (χ2v) is 6.34. The first-order valence-corrected chi connectivity index (χ1v) is 7.42. The fraction of sp³-hybridized carbons (Fsp3) is 0.786. The molecule has 0 amide bonds. The maximum Gasteiger partial charge on any atom is 0.333 e. The number of hydrogen-bond acceptors (Lipinski definition) is 5. The van der Waals surface area contributed by atoms with E-state index in [1.807, 2.05) is 13.8 Å². The zero-order chi connectivity index (χ0) is 15.8. The van der Waals surface area contributed by atoms with E-state index >= 15 is 0 Å². The van der Waals surface area contributed by atoms with Gasteiger partial charge in [-0.1, -0.05) is 12.8 Å². The van der Waals surface area contributed by atoms with Crippen LogP contribution in [-0.4, -0.2) is 39.0 Å². The van der Waals surface area contributed by atoms with E-state index in [2.05, 4.69) is 5.10 Å². The minimum absolute atomic E-state index is 0.0214. The lowest BCUT2D eigenvalue weighted by atomic mass is 10.0. The maximum atomic E-state index is 11.4. The lowest BCUT2D eigenvalue weighted by molar-refractivity contribution is -0.384. The summed E-state index contributed by atoms with van der Waals surface area (Å²) in [5, 5.41) is 26.2. The van der Waals surface area contributed by atoms with Crippen molar-refractivity contribution < 1.29 is 10.0 Å². The summed E-state index contributed by atoms with van der Waals surface area (Å²) < 4.78 is 1.67. The van der Waals surface area contributed by atoms with Crippen molar-refractivity contribution in [1.29, 1.82) is 0 Å². The number of aromatic nitrogens is 2. The molecule has 1 heterocycles. The molecular weight excluding hydrogens is 272 g/mol. The molecule has 1 saturated carbocycles. The highest BCUT2D eigenvalue weighted by Crippen LogP contribution is 2.36. The zero-order valence-electron chi connectivity index (χ0n) is 13.2. The number of anilines is 1. The molecule has 0 bridgehead atoms. The van der Waals surface area contributed by atoms with Gasteiger partial charge in [-0.25, -0.2) is 4.68 Å². The molecule has 1 aromatic heterocycles. The summed E-state index contributed by atoms with van der Waals surface area (Å²) in [7, 11) is 1.79. The number of aryl methyl sites for hydroxylation is 1. The van der Waals surface area contributed by atoms with Crippen molar-refractivity contribution in [1.82, 2.24) is 9.78 Å². The number of aliphatic hydroxyl groups is 1. The SMILES string of the molecule is Cc1nn(C(C)C)c(N(C)CC2(O)CCCC2)c1[N+](=O)[O-]. The predicted octanol–water partition coefficient (Wildman–Crippen LogP) is 2.42. The van der Waals surface area contributed by atoms with Crippen molar-refractivity contribution in [3.05, 3.63) is 15.8 Å². The lowest BCUT2D eigenvalue weighted by Crippen LogP contribution is -2.40. The second kappa shape index (κ2) is 5.63. The molecule has 1 fully saturated rings. The molecule has 0 spiro atoms.